The SMILES string of the molecule is O=C(COc1ccc(/C=N\NC(=O)c2ccncc2)cc1)Nc1ccc(F)cc1. The number of halogens is 1. The minimum absolute atomic E-state index is 0.188. The minimum Gasteiger partial charge on any atom is -0.484 e. The van der Waals surface area contributed by atoms with Crippen LogP contribution in [0.1, 0.15) is 15.9 Å². The van der Waals surface area contributed by atoms with Gasteiger partial charge in [-0.1, -0.05) is 0 Å². The number of pyridine rings is 1. The van der Waals surface area contributed by atoms with Crippen molar-refractivity contribution in [2.24, 2.45) is 5.10 Å². The lowest BCUT2D eigenvalue weighted by Gasteiger charge is -2.07. The minimum atomic E-state index is -0.375. The Balaban J connectivity index is 1.45. The average Bonchev–Trinajstić information content (AvgIpc) is 2.75. The van der Waals surface area contributed by atoms with E-state index in [1.807, 2.05) is 0 Å². The number of ether oxygens (including phenoxy) is 1. The van der Waals surface area contributed by atoms with Crippen LogP contribution in [0.4, 0.5) is 10.1 Å². The molecular weight excluding hydrogens is 375 g/mol. The second-order valence-electron chi connectivity index (χ2n) is 5.85. The van der Waals surface area contributed by atoms with Gasteiger partial charge < -0.3 is 10.1 Å². The Hall–Kier alpha value is -4.07. The maximum atomic E-state index is 12.9. The first kappa shape index (κ1) is 19.7. The largest absolute Gasteiger partial charge is 0.484 e. The number of carbonyl (C=O) groups is 2. The molecule has 0 saturated heterocycles. The second kappa shape index (κ2) is 9.75. The fraction of sp³-hybridized carbons (Fsp3) is 0.0476. The molecule has 3 rings (SSSR count). The highest BCUT2D eigenvalue weighted by molar-refractivity contribution is 5.94. The van der Waals surface area contributed by atoms with Gasteiger partial charge in [-0.2, -0.15) is 5.10 Å². The number of nitrogens with zero attached hydrogens (tertiary/aromatic N) is 2. The Morgan fingerprint density at radius 1 is 1.00 bits per heavy atom. The van der Waals surface area contributed by atoms with Crippen molar-refractivity contribution >= 4 is 23.7 Å². The molecule has 0 radical (unpaired) electrons. The third kappa shape index (κ3) is 6.24. The van der Waals surface area contributed by atoms with E-state index < -0.39 is 0 Å². The summed E-state index contributed by atoms with van der Waals surface area (Å²) in [6, 6.07) is 15.4. The number of hydrazone groups is 1. The zero-order valence-corrected chi connectivity index (χ0v) is 15.2. The first-order valence-electron chi connectivity index (χ1n) is 8.62. The van der Waals surface area contributed by atoms with Gasteiger partial charge in [0.05, 0.1) is 6.21 Å². The molecule has 0 saturated carbocycles. The van der Waals surface area contributed by atoms with E-state index in [9.17, 15) is 14.0 Å². The first-order valence-corrected chi connectivity index (χ1v) is 8.62. The molecule has 0 unspecified atom stereocenters. The van der Waals surface area contributed by atoms with E-state index in [4.69, 9.17) is 4.74 Å². The highest BCUT2D eigenvalue weighted by Gasteiger charge is 2.05. The smallest absolute Gasteiger partial charge is 0.271 e. The van der Waals surface area contributed by atoms with Gasteiger partial charge in [0, 0.05) is 23.6 Å². The van der Waals surface area contributed by atoms with Crippen LogP contribution in [-0.4, -0.2) is 29.6 Å². The van der Waals surface area contributed by atoms with Crippen LogP contribution in [0.15, 0.2) is 78.2 Å². The van der Waals surface area contributed by atoms with Crippen LogP contribution in [-0.2, 0) is 4.79 Å². The molecular formula is C21H17FN4O3. The number of benzene rings is 2. The predicted octanol–water partition coefficient (Wildman–Crippen LogP) is 3.00. The molecule has 0 atom stereocenters. The molecule has 0 bridgehead atoms. The lowest BCUT2D eigenvalue weighted by molar-refractivity contribution is -0.118. The topological polar surface area (TPSA) is 92.7 Å². The molecule has 2 amide bonds. The zero-order chi connectivity index (χ0) is 20.5. The van der Waals surface area contributed by atoms with Gasteiger partial charge in [-0.3, -0.25) is 14.6 Å². The van der Waals surface area contributed by atoms with Gasteiger partial charge in [-0.25, -0.2) is 9.82 Å². The molecule has 146 valence electrons. The van der Waals surface area contributed by atoms with E-state index in [1.54, 1.807) is 36.4 Å². The van der Waals surface area contributed by atoms with Crippen molar-refractivity contribution in [3.63, 3.8) is 0 Å². The summed E-state index contributed by atoms with van der Waals surface area (Å²) in [7, 11) is 0. The normalized spacial score (nSPS) is 10.5. The first-order chi connectivity index (χ1) is 14.1. The quantitative estimate of drug-likeness (QED) is 0.478. The van der Waals surface area contributed by atoms with E-state index >= 15 is 0 Å². The molecule has 29 heavy (non-hydrogen) atoms. The van der Waals surface area contributed by atoms with E-state index in [2.05, 4.69) is 20.8 Å². The van der Waals surface area contributed by atoms with Crippen molar-refractivity contribution < 1.29 is 18.7 Å². The van der Waals surface area contributed by atoms with E-state index in [-0.39, 0.29) is 24.2 Å². The molecule has 2 N–H and O–H groups in total. The molecule has 0 aliphatic heterocycles. The molecule has 0 aliphatic carbocycles. The van der Waals surface area contributed by atoms with Crippen LogP contribution in [0.2, 0.25) is 0 Å². The maximum absolute atomic E-state index is 12.9. The van der Waals surface area contributed by atoms with Crippen LogP contribution in [0.25, 0.3) is 0 Å². The number of nitrogens with one attached hydrogen (secondary N) is 2. The van der Waals surface area contributed by atoms with Crippen molar-refractivity contribution in [1.82, 2.24) is 10.4 Å². The summed E-state index contributed by atoms with van der Waals surface area (Å²) < 4.78 is 18.3. The monoisotopic (exact) mass is 392 g/mol. The third-order valence-electron chi connectivity index (χ3n) is 3.70. The van der Waals surface area contributed by atoms with Crippen LogP contribution in [0, 0.1) is 5.82 Å². The van der Waals surface area contributed by atoms with Crippen LogP contribution in [0.5, 0.6) is 5.75 Å². The zero-order valence-electron chi connectivity index (χ0n) is 15.2. The van der Waals surface area contributed by atoms with Gasteiger partial charge in [-0.05, 0) is 66.2 Å². The maximum Gasteiger partial charge on any atom is 0.271 e. The lowest BCUT2D eigenvalue weighted by atomic mass is 10.2. The summed E-state index contributed by atoms with van der Waals surface area (Å²) >= 11 is 0. The van der Waals surface area contributed by atoms with Crippen molar-refractivity contribution in [1.29, 1.82) is 0 Å². The number of amides is 2. The Bertz CT molecular complexity index is 991. The number of rotatable bonds is 7. The Morgan fingerprint density at radius 3 is 2.38 bits per heavy atom. The molecule has 7 nitrogen and oxygen atoms in total. The van der Waals surface area contributed by atoms with Crippen molar-refractivity contribution in [2.45, 2.75) is 0 Å². The van der Waals surface area contributed by atoms with Gasteiger partial charge in [0.15, 0.2) is 6.61 Å². The number of hydrogen-bond donors (Lipinski definition) is 2. The van der Waals surface area contributed by atoms with Gasteiger partial charge in [-0.15, -0.1) is 0 Å². The molecule has 8 heteroatoms. The standard InChI is InChI=1S/C21H17FN4O3/c22-17-3-5-18(6-4-17)25-20(27)14-29-19-7-1-15(2-8-19)13-24-26-21(28)16-9-11-23-12-10-16/h1-13H,14H2,(H,25,27)(H,26,28)/b24-13-. The molecule has 2 aromatic carbocycles. The summed E-state index contributed by atoms with van der Waals surface area (Å²) in [5.74, 6) is -0.575. The van der Waals surface area contributed by atoms with Crippen LogP contribution >= 0.6 is 0 Å². The molecule has 1 heterocycles. The Morgan fingerprint density at radius 2 is 1.69 bits per heavy atom. The average molecular weight is 392 g/mol. The molecule has 0 fully saturated rings. The lowest BCUT2D eigenvalue weighted by Crippen LogP contribution is -2.20. The Labute approximate surface area is 166 Å². The van der Waals surface area contributed by atoms with E-state index in [0.717, 1.165) is 5.56 Å². The summed E-state index contributed by atoms with van der Waals surface area (Å²) in [6.45, 7) is -0.188. The highest BCUT2D eigenvalue weighted by atomic mass is 19.1. The van der Waals surface area contributed by atoms with Gasteiger partial charge in [0.25, 0.3) is 11.8 Å². The summed E-state index contributed by atoms with van der Waals surface area (Å²) in [5.41, 5.74) is 4.11. The molecule has 0 aliphatic rings. The van der Waals surface area contributed by atoms with Gasteiger partial charge >= 0.3 is 0 Å². The summed E-state index contributed by atoms with van der Waals surface area (Å²) in [5, 5.41) is 6.51. The summed E-state index contributed by atoms with van der Waals surface area (Å²) in [6.07, 6.45) is 4.54. The van der Waals surface area contributed by atoms with Gasteiger partial charge in [0.2, 0.25) is 0 Å². The van der Waals surface area contributed by atoms with Crippen molar-refractivity contribution in [3.8, 4) is 5.75 Å². The third-order valence-corrected chi connectivity index (χ3v) is 3.70. The number of aromatic nitrogens is 1. The Kier molecular flexibility index (Phi) is 6.62. The fourth-order valence-electron chi connectivity index (χ4n) is 2.26. The molecule has 1 aromatic heterocycles. The van der Waals surface area contributed by atoms with Crippen LogP contribution in [0.3, 0.4) is 0 Å². The number of carbonyl (C=O) groups excluding carboxylic acids is 2. The molecule has 3 aromatic rings. The molecule has 0 spiro atoms. The second-order valence-corrected chi connectivity index (χ2v) is 5.85. The van der Waals surface area contributed by atoms with Crippen LogP contribution < -0.4 is 15.5 Å². The number of hydrogen-bond acceptors (Lipinski definition) is 5. The summed E-state index contributed by atoms with van der Waals surface area (Å²) in [4.78, 5) is 27.6. The van der Waals surface area contributed by atoms with E-state index in [1.165, 1.54) is 42.9 Å². The van der Waals surface area contributed by atoms with Crippen molar-refractivity contribution in [3.05, 3.63) is 90.0 Å². The van der Waals surface area contributed by atoms with E-state index in [0.29, 0.717) is 17.0 Å². The predicted molar refractivity (Wildman–Crippen MR) is 106 cm³/mol. The number of anilines is 1. The van der Waals surface area contributed by atoms with Crippen molar-refractivity contribution in [2.75, 3.05) is 11.9 Å². The van der Waals surface area contributed by atoms with Gasteiger partial charge in [0.1, 0.15) is 11.6 Å². The highest BCUT2D eigenvalue weighted by Crippen LogP contribution is 2.12. The fourth-order valence-corrected chi connectivity index (χ4v) is 2.26.